The molecule has 5 heteroatoms. The first-order chi connectivity index (χ1) is 23.2. The smallest absolute Gasteiger partial charge is 0.149 e. The van der Waals surface area contributed by atoms with Gasteiger partial charge in [-0.1, -0.05) is 103 Å². The van der Waals surface area contributed by atoms with Crippen molar-refractivity contribution in [3.8, 4) is 45.1 Å². The van der Waals surface area contributed by atoms with E-state index in [1.165, 1.54) is 0 Å². The summed E-state index contributed by atoms with van der Waals surface area (Å²) in [4.78, 5) is 12.1. The van der Waals surface area contributed by atoms with Crippen LogP contribution in [0.25, 0.3) is 50.4 Å². The minimum Gasteiger partial charge on any atom is -0.507 e. The topological polar surface area (TPSA) is 54.2 Å². The van der Waals surface area contributed by atoms with E-state index in [9.17, 15) is 5.11 Å². The van der Waals surface area contributed by atoms with Crippen molar-refractivity contribution in [2.75, 3.05) is 4.90 Å². The summed E-state index contributed by atoms with van der Waals surface area (Å²) in [7, 11) is 0. The third-order valence-corrected chi connectivity index (χ3v) is 8.35. The number of anilines is 3. The molecule has 47 heavy (non-hydrogen) atoms. The highest BCUT2D eigenvalue weighted by atomic mass is 16.3. The number of nitrogens with zero attached hydrogens (tertiary/aromatic N) is 4. The maximum atomic E-state index is 11.0. The average Bonchev–Trinajstić information content (AvgIpc) is 3.53. The summed E-state index contributed by atoms with van der Waals surface area (Å²) in [5.41, 5.74) is 9.68. The monoisotopic (exact) mass is 606 g/mol. The molecule has 2 heterocycles. The first-order valence-electron chi connectivity index (χ1n) is 15.6. The Morgan fingerprint density at radius 2 is 1.17 bits per heavy atom. The normalized spacial score (nSPS) is 11.1. The van der Waals surface area contributed by atoms with Crippen molar-refractivity contribution in [3.05, 3.63) is 176 Å². The predicted octanol–water partition coefficient (Wildman–Crippen LogP) is 10.6. The quantitative estimate of drug-likeness (QED) is 0.196. The molecular weight excluding hydrogens is 576 g/mol. The van der Waals surface area contributed by atoms with Gasteiger partial charge in [-0.15, -0.1) is 0 Å². The lowest BCUT2D eigenvalue weighted by Gasteiger charge is -2.24. The summed E-state index contributed by atoms with van der Waals surface area (Å²) in [6.07, 6.45) is 1.82. The summed E-state index contributed by atoms with van der Waals surface area (Å²) in [6.45, 7) is 0. The molecule has 0 aliphatic heterocycles. The van der Waals surface area contributed by atoms with E-state index in [0.717, 1.165) is 56.2 Å². The molecule has 0 amide bonds. The number of para-hydroxylation sites is 3. The van der Waals surface area contributed by atoms with Gasteiger partial charge in [0.15, 0.2) is 0 Å². The van der Waals surface area contributed by atoms with Crippen molar-refractivity contribution in [3.63, 3.8) is 0 Å². The van der Waals surface area contributed by atoms with Gasteiger partial charge in [0.05, 0.1) is 16.6 Å². The van der Waals surface area contributed by atoms with Crippen molar-refractivity contribution in [1.29, 1.82) is 0 Å². The Morgan fingerprint density at radius 3 is 1.98 bits per heavy atom. The minimum absolute atomic E-state index is 0.181. The zero-order chi connectivity index (χ0) is 31.6. The Kier molecular flexibility index (Phi) is 7.25. The van der Waals surface area contributed by atoms with E-state index >= 15 is 0 Å². The largest absolute Gasteiger partial charge is 0.507 e. The standard InChI is InChI=1S/C42H30N4O/c47-39-25-8-7-22-37(39)42-44-41-36(23-13-24-38(41)46(42)35-21-11-16-31(28-35)30-14-3-1-4-15-30)32-17-12-20-34(29-32)45(33-18-5-2-6-19-33)40-26-9-10-27-43-40/h1-29,47H. The second-order valence-electron chi connectivity index (χ2n) is 11.3. The second-order valence-corrected chi connectivity index (χ2v) is 11.3. The number of aromatic hydroxyl groups is 1. The molecule has 224 valence electrons. The zero-order valence-corrected chi connectivity index (χ0v) is 25.5. The number of phenolic OH excluding ortho intramolecular Hbond substituents is 1. The minimum atomic E-state index is 0.181. The van der Waals surface area contributed by atoms with Crippen LogP contribution in [-0.4, -0.2) is 19.6 Å². The van der Waals surface area contributed by atoms with Gasteiger partial charge in [-0.25, -0.2) is 9.97 Å². The van der Waals surface area contributed by atoms with Crippen LogP contribution in [0, 0.1) is 0 Å². The molecule has 5 nitrogen and oxygen atoms in total. The Hall–Kier alpha value is -6.46. The number of phenols is 1. The van der Waals surface area contributed by atoms with Crippen LogP contribution >= 0.6 is 0 Å². The molecule has 0 saturated carbocycles. The summed E-state index contributed by atoms with van der Waals surface area (Å²) in [6, 6.07) is 57.2. The molecule has 6 aromatic carbocycles. The number of hydrogen-bond acceptors (Lipinski definition) is 4. The van der Waals surface area contributed by atoms with E-state index in [1.54, 1.807) is 6.07 Å². The first kappa shape index (κ1) is 28.0. The number of rotatable bonds is 7. The number of benzene rings is 6. The Bertz CT molecular complexity index is 2280. The number of aromatic nitrogens is 3. The fourth-order valence-electron chi connectivity index (χ4n) is 6.18. The molecule has 8 aromatic rings. The lowest BCUT2D eigenvalue weighted by Crippen LogP contribution is -2.11. The molecule has 2 aromatic heterocycles. The van der Waals surface area contributed by atoms with Crippen LogP contribution in [0.5, 0.6) is 5.75 Å². The van der Waals surface area contributed by atoms with E-state index < -0.39 is 0 Å². The highest BCUT2D eigenvalue weighted by Crippen LogP contribution is 2.40. The summed E-state index contributed by atoms with van der Waals surface area (Å²) < 4.78 is 2.15. The Morgan fingerprint density at radius 1 is 0.511 bits per heavy atom. The highest BCUT2D eigenvalue weighted by molar-refractivity contribution is 5.97. The second kappa shape index (κ2) is 12.1. The van der Waals surface area contributed by atoms with Crippen molar-refractivity contribution < 1.29 is 5.11 Å². The van der Waals surface area contributed by atoms with Gasteiger partial charge >= 0.3 is 0 Å². The van der Waals surface area contributed by atoms with E-state index in [1.807, 2.05) is 66.9 Å². The molecule has 0 spiro atoms. The summed E-state index contributed by atoms with van der Waals surface area (Å²) in [5.74, 6) is 1.69. The summed E-state index contributed by atoms with van der Waals surface area (Å²) >= 11 is 0. The van der Waals surface area contributed by atoms with Gasteiger partial charge in [0.2, 0.25) is 0 Å². The molecule has 1 N–H and O–H groups in total. The van der Waals surface area contributed by atoms with Crippen LogP contribution in [0.2, 0.25) is 0 Å². The van der Waals surface area contributed by atoms with Crippen molar-refractivity contribution in [2.45, 2.75) is 0 Å². The number of pyridine rings is 1. The average molecular weight is 607 g/mol. The van der Waals surface area contributed by atoms with Crippen LogP contribution in [0.3, 0.4) is 0 Å². The van der Waals surface area contributed by atoms with E-state index in [-0.39, 0.29) is 5.75 Å². The van der Waals surface area contributed by atoms with Gasteiger partial charge in [0.1, 0.15) is 17.4 Å². The van der Waals surface area contributed by atoms with Crippen molar-refractivity contribution in [2.24, 2.45) is 0 Å². The molecule has 0 atom stereocenters. The number of fused-ring (bicyclic) bond motifs is 1. The number of imidazole rings is 1. The molecule has 0 aliphatic rings. The lowest BCUT2D eigenvalue weighted by atomic mass is 10.0. The fraction of sp³-hybridized carbons (Fsp3) is 0. The van der Waals surface area contributed by atoms with Crippen LogP contribution in [0.4, 0.5) is 17.2 Å². The first-order valence-corrected chi connectivity index (χ1v) is 15.6. The van der Waals surface area contributed by atoms with Crippen LogP contribution < -0.4 is 4.90 Å². The Balaban J connectivity index is 1.33. The van der Waals surface area contributed by atoms with Crippen LogP contribution in [0.15, 0.2) is 176 Å². The van der Waals surface area contributed by atoms with Gasteiger partial charge in [0, 0.05) is 28.8 Å². The Labute approximate surface area is 273 Å². The molecule has 0 bridgehead atoms. The lowest BCUT2D eigenvalue weighted by molar-refractivity contribution is 0.477. The maximum absolute atomic E-state index is 11.0. The number of hydrogen-bond donors (Lipinski definition) is 1. The highest BCUT2D eigenvalue weighted by Gasteiger charge is 2.21. The molecule has 0 saturated heterocycles. The molecule has 0 fully saturated rings. The fourth-order valence-corrected chi connectivity index (χ4v) is 6.18. The van der Waals surface area contributed by atoms with Gasteiger partial charge in [-0.05, 0) is 83.4 Å². The third kappa shape index (κ3) is 5.30. The predicted molar refractivity (Wildman–Crippen MR) is 192 cm³/mol. The van der Waals surface area contributed by atoms with Gasteiger partial charge in [-0.3, -0.25) is 9.47 Å². The van der Waals surface area contributed by atoms with Crippen molar-refractivity contribution >= 4 is 28.2 Å². The summed E-state index contributed by atoms with van der Waals surface area (Å²) in [5, 5.41) is 11.0. The van der Waals surface area contributed by atoms with Gasteiger partial charge < -0.3 is 5.11 Å². The van der Waals surface area contributed by atoms with E-state index in [4.69, 9.17) is 9.97 Å². The molecular formula is C42H30N4O. The van der Waals surface area contributed by atoms with Crippen molar-refractivity contribution in [1.82, 2.24) is 14.5 Å². The molecule has 0 unspecified atom stereocenters. The SMILES string of the molecule is Oc1ccccc1-c1nc2c(-c3cccc(N(c4ccccc4)c4ccccn4)c3)cccc2n1-c1cccc(-c2ccccc2)c1. The molecule has 0 radical (unpaired) electrons. The van der Waals surface area contributed by atoms with Gasteiger partial charge in [-0.2, -0.15) is 0 Å². The van der Waals surface area contributed by atoms with E-state index in [0.29, 0.717) is 11.4 Å². The van der Waals surface area contributed by atoms with Crippen LogP contribution in [0.1, 0.15) is 0 Å². The third-order valence-electron chi connectivity index (χ3n) is 8.35. The van der Waals surface area contributed by atoms with E-state index in [2.05, 4.69) is 113 Å². The zero-order valence-electron chi connectivity index (χ0n) is 25.5. The molecule has 0 aliphatic carbocycles. The van der Waals surface area contributed by atoms with Gasteiger partial charge in [0.25, 0.3) is 0 Å². The maximum Gasteiger partial charge on any atom is 0.149 e. The van der Waals surface area contributed by atoms with Crippen LogP contribution in [-0.2, 0) is 0 Å². The molecule has 8 rings (SSSR count).